The number of hydrogen-bond donors (Lipinski definition) is 0. The van der Waals surface area contributed by atoms with Crippen LogP contribution in [-0.4, -0.2) is 24.0 Å². The van der Waals surface area contributed by atoms with Crippen LogP contribution in [0, 0.1) is 0 Å². The van der Waals surface area contributed by atoms with Gasteiger partial charge in [-0.25, -0.2) is 0 Å². The highest BCUT2D eigenvalue weighted by atomic mass is 15.1. The van der Waals surface area contributed by atoms with Gasteiger partial charge in [0.05, 0.1) is 0 Å². The summed E-state index contributed by atoms with van der Waals surface area (Å²) in [6.45, 7) is 11.3. The van der Waals surface area contributed by atoms with E-state index < -0.39 is 0 Å². The maximum absolute atomic E-state index is 2.59. The van der Waals surface area contributed by atoms with E-state index in [0.29, 0.717) is 0 Å². The lowest BCUT2D eigenvalue weighted by atomic mass is 10.2. The average Bonchev–Trinajstić information content (AvgIpc) is 2.35. The Hall–Kier alpha value is -0.0400. The zero-order chi connectivity index (χ0) is 9.40. The molecule has 0 aromatic rings. The van der Waals surface area contributed by atoms with E-state index in [-0.39, 0.29) is 0 Å². The normalized spacial score (nSPS) is 19.8. The van der Waals surface area contributed by atoms with Crippen molar-refractivity contribution in [3.63, 3.8) is 0 Å². The molecule has 0 aromatic carbocycles. The fourth-order valence-corrected chi connectivity index (χ4v) is 1.61. The number of nitrogens with zero attached hydrogens (tertiary/aromatic N) is 1. The molecule has 12 heavy (non-hydrogen) atoms. The van der Waals surface area contributed by atoms with E-state index in [1.807, 2.05) is 13.8 Å². The summed E-state index contributed by atoms with van der Waals surface area (Å²) in [7, 11) is 0. The molecule has 0 atom stereocenters. The zero-order valence-corrected chi connectivity index (χ0v) is 9.27. The van der Waals surface area contributed by atoms with Crippen molar-refractivity contribution in [2.24, 2.45) is 0 Å². The molecule has 0 aromatic heterocycles. The Morgan fingerprint density at radius 1 is 0.833 bits per heavy atom. The van der Waals surface area contributed by atoms with Gasteiger partial charge in [0, 0.05) is 6.04 Å². The maximum Gasteiger partial charge on any atom is 0.00385 e. The number of hydrogen-bond acceptors (Lipinski definition) is 1. The van der Waals surface area contributed by atoms with Crippen LogP contribution in [-0.2, 0) is 0 Å². The molecule has 1 heteroatoms. The van der Waals surface area contributed by atoms with Crippen molar-refractivity contribution in [1.29, 1.82) is 0 Å². The Balaban J connectivity index is 0.000000561. The summed E-state index contributed by atoms with van der Waals surface area (Å²) in [5.41, 5.74) is 0. The first-order valence-corrected chi connectivity index (χ1v) is 5.55. The fourth-order valence-electron chi connectivity index (χ4n) is 1.61. The van der Waals surface area contributed by atoms with Crippen LogP contribution in [0.25, 0.3) is 0 Å². The molecule has 1 aliphatic rings. The Morgan fingerprint density at radius 2 is 1.25 bits per heavy atom. The molecule has 0 aliphatic carbocycles. The summed E-state index contributed by atoms with van der Waals surface area (Å²) < 4.78 is 0. The fraction of sp³-hybridized carbons (Fsp3) is 1.00. The van der Waals surface area contributed by atoms with Crippen LogP contribution < -0.4 is 0 Å². The summed E-state index contributed by atoms with van der Waals surface area (Å²) in [5.74, 6) is 0. The Bertz CT molecular complexity index is 81.0. The van der Waals surface area contributed by atoms with Crippen molar-refractivity contribution in [3.05, 3.63) is 0 Å². The van der Waals surface area contributed by atoms with E-state index in [2.05, 4.69) is 18.7 Å². The Labute approximate surface area is 78.1 Å². The Kier molecular flexibility index (Phi) is 7.58. The molecule has 1 heterocycles. The molecule has 0 bridgehead atoms. The van der Waals surface area contributed by atoms with Crippen LogP contribution in [0.4, 0.5) is 0 Å². The molecule has 74 valence electrons. The SMILES string of the molecule is CC.CC(C)N1CCCCCC1. The second-order valence-corrected chi connectivity index (χ2v) is 3.54. The predicted molar refractivity (Wildman–Crippen MR) is 56.5 cm³/mol. The quantitative estimate of drug-likeness (QED) is 0.585. The molecule has 0 saturated carbocycles. The van der Waals surface area contributed by atoms with Crippen LogP contribution in [0.3, 0.4) is 0 Å². The number of likely N-dealkylation sites (tertiary alicyclic amines) is 1. The second kappa shape index (κ2) is 7.60. The van der Waals surface area contributed by atoms with E-state index in [9.17, 15) is 0 Å². The lowest BCUT2D eigenvalue weighted by Gasteiger charge is -2.23. The van der Waals surface area contributed by atoms with E-state index >= 15 is 0 Å². The van der Waals surface area contributed by atoms with Crippen LogP contribution in [0.1, 0.15) is 53.4 Å². The summed E-state index contributed by atoms with van der Waals surface area (Å²) in [6, 6.07) is 0.762. The minimum Gasteiger partial charge on any atom is -0.301 e. The van der Waals surface area contributed by atoms with Crippen LogP contribution in [0.2, 0.25) is 0 Å². The van der Waals surface area contributed by atoms with Crippen LogP contribution in [0.5, 0.6) is 0 Å². The van der Waals surface area contributed by atoms with E-state index in [1.165, 1.54) is 38.8 Å². The van der Waals surface area contributed by atoms with Gasteiger partial charge in [0.1, 0.15) is 0 Å². The van der Waals surface area contributed by atoms with Gasteiger partial charge in [-0.1, -0.05) is 26.7 Å². The van der Waals surface area contributed by atoms with E-state index in [4.69, 9.17) is 0 Å². The maximum atomic E-state index is 2.59. The molecule has 0 spiro atoms. The molecule has 1 aliphatic heterocycles. The van der Waals surface area contributed by atoms with Gasteiger partial charge in [-0.15, -0.1) is 0 Å². The monoisotopic (exact) mass is 171 g/mol. The van der Waals surface area contributed by atoms with Gasteiger partial charge in [-0.3, -0.25) is 0 Å². The van der Waals surface area contributed by atoms with Crippen molar-refractivity contribution in [2.75, 3.05) is 13.1 Å². The van der Waals surface area contributed by atoms with Crippen molar-refractivity contribution in [1.82, 2.24) is 4.90 Å². The molecule has 0 amide bonds. The topological polar surface area (TPSA) is 3.24 Å². The molecule has 1 saturated heterocycles. The van der Waals surface area contributed by atoms with Gasteiger partial charge >= 0.3 is 0 Å². The predicted octanol–water partition coefficient (Wildman–Crippen LogP) is 3.30. The average molecular weight is 171 g/mol. The van der Waals surface area contributed by atoms with E-state index in [0.717, 1.165) is 6.04 Å². The summed E-state index contributed by atoms with van der Waals surface area (Å²) in [6.07, 6.45) is 5.72. The highest BCUT2D eigenvalue weighted by Crippen LogP contribution is 2.11. The minimum absolute atomic E-state index is 0.762. The zero-order valence-electron chi connectivity index (χ0n) is 9.27. The Morgan fingerprint density at radius 3 is 1.58 bits per heavy atom. The number of rotatable bonds is 1. The molecule has 0 N–H and O–H groups in total. The van der Waals surface area contributed by atoms with Gasteiger partial charge in [0.25, 0.3) is 0 Å². The van der Waals surface area contributed by atoms with Crippen LogP contribution >= 0.6 is 0 Å². The minimum atomic E-state index is 0.762. The molecular weight excluding hydrogens is 146 g/mol. The lowest BCUT2D eigenvalue weighted by Crippen LogP contribution is -2.31. The first-order chi connectivity index (χ1) is 5.80. The molecule has 0 unspecified atom stereocenters. The standard InChI is InChI=1S/C9H19N.C2H6/c1-9(2)10-7-5-3-4-6-8-10;1-2/h9H,3-8H2,1-2H3;1-2H3. The lowest BCUT2D eigenvalue weighted by molar-refractivity contribution is 0.231. The summed E-state index contributed by atoms with van der Waals surface area (Å²) >= 11 is 0. The van der Waals surface area contributed by atoms with E-state index in [1.54, 1.807) is 0 Å². The van der Waals surface area contributed by atoms with Crippen molar-refractivity contribution < 1.29 is 0 Å². The van der Waals surface area contributed by atoms with Crippen molar-refractivity contribution in [2.45, 2.75) is 59.4 Å². The smallest absolute Gasteiger partial charge is 0.00385 e. The molecular formula is C11H25N. The highest BCUT2D eigenvalue weighted by molar-refractivity contribution is 4.66. The third kappa shape index (κ3) is 4.76. The first-order valence-electron chi connectivity index (χ1n) is 5.55. The second-order valence-electron chi connectivity index (χ2n) is 3.54. The van der Waals surface area contributed by atoms with Crippen molar-refractivity contribution >= 4 is 0 Å². The summed E-state index contributed by atoms with van der Waals surface area (Å²) in [4.78, 5) is 2.59. The van der Waals surface area contributed by atoms with Crippen LogP contribution in [0.15, 0.2) is 0 Å². The van der Waals surface area contributed by atoms with Gasteiger partial charge in [0.2, 0.25) is 0 Å². The van der Waals surface area contributed by atoms with Crippen molar-refractivity contribution in [3.8, 4) is 0 Å². The van der Waals surface area contributed by atoms with Gasteiger partial charge in [-0.05, 0) is 39.8 Å². The third-order valence-electron chi connectivity index (χ3n) is 2.37. The summed E-state index contributed by atoms with van der Waals surface area (Å²) in [5, 5.41) is 0. The van der Waals surface area contributed by atoms with Gasteiger partial charge in [0.15, 0.2) is 0 Å². The molecule has 1 rings (SSSR count). The molecule has 1 fully saturated rings. The highest BCUT2D eigenvalue weighted by Gasteiger charge is 2.10. The first kappa shape index (κ1) is 12.0. The molecule has 1 nitrogen and oxygen atoms in total. The molecule has 0 radical (unpaired) electrons. The third-order valence-corrected chi connectivity index (χ3v) is 2.37. The van der Waals surface area contributed by atoms with Gasteiger partial charge in [-0.2, -0.15) is 0 Å². The van der Waals surface area contributed by atoms with Gasteiger partial charge < -0.3 is 4.90 Å². The largest absolute Gasteiger partial charge is 0.301 e.